The Bertz CT molecular complexity index is 441. The fourth-order valence-corrected chi connectivity index (χ4v) is 2.52. The van der Waals surface area contributed by atoms with Crippen molar-refractivity contribution in [1.82, 2.24) is 10.3 Å². The van der Waals surface area contributed by atoms with Crippen molar-refractivity contribution >= 4 is 5.91 Å². The number of methoxy groups -OCH3 is 2. The summed E-state index contributed by atoms with van der Waals surface area (Å²) in [5, 5.41) is 2.92. The minimum absolute atomic E-state index is 0.0527. The van der Waals surface area contributed by atoms with Crippen molar-refractivity contribution < 1.29 is 19.0 Å². The molecule has 1 aliphatic heterocycles. The average Bonchev–Trinajstić information content (AvgIpc) is 2.53. The highest BCUT2D eigenvalue weighted by molar-refractivity contribution is 5.78. The second kappa shape index (κ2) is 8.07. The van der Waals surface area contributed by atoms with Gasteiger partial charge >= 0.3 is 0 Å². The molecule has 0 saturated carbocycles. The molecule has 1 amide bonds. The number of nitrogens with zero attached hydrogens (tertiary/aromatic N) is 1. The van der Waals surface area contributed by atoms with Crippen LogP contribution in [0.5, 0.6) is 0 Å². The number of ether oxygens (including phenoxy) is 3. The molecule has 0 unspecified atom stereocenters. The fourth-order valence-electron chi connectivity index (χ4n) is 2.52. The van der Waals surface area contributed by atoms with Crippen LogP contribution in [0.2, 0.25) is 0 Å². The van der Waals surface area contributed by atoms with Crippen molar-refractivity contribution in [1.29, 1.82) is 0 Å². The summed E-state index contributed by atoms with van der Waals surface area (Å²) in [4.78, 5) is 16.1. The highest BCUT2D eigenvalue weighted by Crippen LogP contribution is 2.19. The Morgan fingerprint density at radius 3 is 2.90 bits per heavy atom. The molecule has 6 heteroatoms. The molecule has 21 heavy (non-hydrogen) atoms. The minimum atomic E-state index is -0.0959. The van der Waals surface area contributed by atoms with E-state index < -0.39 is 0 Å². The first-order valence-electron chi connectivity index (χ1n) is 7.04. The summed E-state index contributed by atoms with van der Waals surface area (Å²) in [6.07, 6.45) is 1.79. The van der Waals surface area contributed by atoms with E-state index in [-0.39, 0.29) is 30.5 Å². The Labute approximate surface area is 124 Å². The van der Waals surface area contributed by atoms with Crippen LogP contribution in [0.1, 0.15) is 5.69 Å². The fraction of sp³-hybridized carbons (Fsp3) is 0.600. The molecule has 0 aliphatic carbocycles. The summed E-state index contributed by atoms with van der Waals surface area (Å²) >= 11 is 0. The van der Waals surface area contributed by atoms with Gasteiger partial charge in [0.1, 0.15) is 6.10 Å². The number of rotatable bonds is 6. The first-order valence-corrected chi connectivity index (χ1v) is 7.04. The topological polar surface area (TPSA) is 69.7 Å². The van der Waals surface area contributed by atoms with E-state index >= 15 is 0 Å². The van der Waals surface area contributed by atoms with Crippen molar-refractivity contribution in [3.63, 3.8) is 0 Å². The average molecular weight is 294 g/mol. The maximum atomic E-state index is 11.9. The van der Waals surface area contributed by atoms with Crippen LogP contribution in [0.4, 0.5) is 0 Å². The second-order valence-corrected chi connectivity index (χ2v) is 5.07. The van der Waals surface area contributed by atoms with Crippen LogP contribution in [-0.4, -0.2) is 57.1 Å². The Kier molecular flexibility index (Phi) is 6.10. The SMILES string of the molecule is CO[C@H]1[C@H](CNC(=O)Cc2ccccn2)COC[C@H]1OC. The largest absolute Gasteiger partial charge is 0.378 e. The van der Waals surface area contributed by atoms with Crippen LogP contribution in [0.15, 0.2) is 24.4 Å². The quantitative estimate of drug-likeness (QED) is 0.823. The third-order valence-electron chi connectivity index (χ3n) is 3.65. The second-order valence-electron chi connectivity index (χ2n) is 5.07. The van der Waals surface area contributed by atoms with Crippen LogP contribution >= 0.6 is 0 Å². The predicted molar refractivity (Wildman–Crippen MR) is 76.9 cm³/mol. The molecule has 6 nitrogen and oxygen atoms in total. The molecular weight excluding hydrogens is 272 g/mol. The monoisotopic (exact) mass is 294 g/mol. The molecule has 0 aromatic carbocycles. The Hall–Kier alpha value is -1.50. The van der Waals surface area contributed by atoms with Crippen molar-refractivity contribution in [2.75, 3.05) is 34.0 Å². The Balaban J connectivity index is 1.82. The van der Waals surface area contributed by atoms with Gasteiger partial charge in [0.05, 0.1) is 25.7 Å². The number of nitrogens with one attached hydrogen (secondary N) is 1. The van der Waals surface area contributed by atoms with E-state index in [1.807, 2.05) is 18.2 Å². The molecule has 1 aromatic rings. The third-order valence-corrected chi connectivity index (χ3v) is 3.65. The van der Waals surface area contributed by atoms with Gasteiger partial charge in [0.25, 0.3) is 0 Å². The standard InChI is InChI=1S/C15H22N2O4/c1-19-13-10-21-9-11(15(13)20-2)8-17-14(18)7-12-5-3-4-6-16-12/h3-6,11,13,15H,7-10H2,1-2H3,(H,17,18)/t11-,13-,15+/m1/s1. The molecule has 1 saturated heterocycles. The van der Waals surface area contributed by atoms with E-state index in [0.717, 1.165) is 5.69 Å². The van der Waals surface area contributed by atoms with Gasteiger partial charge in [-0.2, -0.15) is 0 Å². The van der Waals surface area contributed by atoms with E-state index in [2.05, 4.69) is 10.3 Å². The normalized spacial score (nSPS) is 25.5. The molecule has 1 N–H and O–H groups in total. The number of amides is 1. The number of carbonyl (C=O) groups is 1. The van der Waals surface area contributed by atoms with Gasteiger partial charge in [-0.3, -0.25) is 9.78 Å². The summed E-state index contributed by atoms with van der Waals surface area (Å²) in [6, 6.07) is 5.53. The van der Waals surface area contributed by atoms with Gasteiger partial charge in [-0.1, -0.05) is 6.07 Å². The van der Waals surface area contributed by atoms with E-state index in [1.54, 1.807) is 20.4 Å². The van der Waals surface area contributed by atoms with Gasteiger partial charge in [-0.25, -0.2) is 0 Å². The van der Waals surface area contributed by atoms with Crippen LogP contribution < -0.4 is 5.32 Å². The maximum absolute atomic E-state index is 11.9. The lowest BCUT2D eigenvalue weighted by Crippen LogP contribution is -2.50. The van der Waals surface area contributed by atoms with Gasteiger partial charge in [0.2, 0.25) is 5.91 Å². The maximum Gasteiger partial charge on any atom is 0.226 e. The molecule has 1 fully saturated rings. The predicted octanol–water partition coefficient (Wildman–Crippen LogP) is 0.417. The third kappa shape index (κ3) is 4.49. The van der Waals surface area contributed by atoms with Crippen LogP contribution in [-0.2, 0) is 25.4 Å². The number of aromatic nitrogens is 1. The molecule has 116 valence electrons. The number of hydrogen-bond acceptors (Lipinski definition) is 5. The molecule has 0 radical (unpaired) electrons. The Morgan fingerprint density at radius 2 is 2.24 bits per heavy atom. The van der Waals surface area contributed by atoms with Crippen molar-refractivity contribution in [3.05, 3.63) is 30.1 Å². The molecule has 2 rings (SSSR count). The number of carbonyl (C=O) groups excluding carboxylic acids is 1. The van der Waals surface area contributed by atoms with Crippen LogP contribution in [0.3, 0.4) is 0 Å². The van der Waals surface area contributed by atoms with Gasteiger partial charge < -0.3 is 19.5 Å². The van der Waals surface area contributed by atoms with Crippen molar-refractivity contribution in [3.8, 4) is 0 Å². The van der Waals surface area contributed by atoms with E-state index in [1.165, 1.54) is 0 Å². The molecule has 3 atom stereocenters. The molecule has 0 spiro atoms. The van der Waals surface area contributed by atoms with Gasteiger partial charge in [0.15, 0.2) is 0 Å². The highest BCUT2D eigenvalue weighted by Gasteiger charge is 2.34. The van der Waals surface area contributed by atoms with Crippen molar-refractivity contribution in [2.45, 2.75) is 18.6 Å². The van der Waals surface area contributed by atoms with Gasteiger partial charge in [0, 0.05) is 38.6 Å². The zero-order valence-corrected chi connectivity index (χ0v) is 12.5. The molecule has 1 aliphatic rings. The van der Waals surface area contributed by atoms with E-state index in [4.69, 9.17) is 14.2 Å². The molecule has 1 aromatic heterocycles. The minimum Gasteiger partial charge on any atom is -0.378 e. The van der Waals surface area contributed by atoms with Crippen LogP contribution in [0.25, 0.3) is 0 Å². The molecule has 2 heterocycles. The smallest absolute Gasteiger partial charge is 0.226 e. The van der Waals surface area contributed by atoms with Gasteiger partial charge in [-0.15, -0.1) is 0 Å². The van der Waals surface area contributed by atoms with Crippen molar-refractivity contribution in [2.24, 2.45) is 5.92 Å². The highest BCUT2D eigenvalue weighted by atomic mass is 16.6. The lowest BCUT2D eigenvalue weighted by atomic mass is 9.96. The summed E-state index contributed by atoms with van der Waals surface area (Å²) in [6.45, 7) is 1.58. The lowest BCUT2D eigenvalue weighted by Gasteiger charge is -2.36. The lowest BCUT2D eigenvalue weighted by molar-refractivity contribution is -0.147. The number of hydrogen-bond donors (Lipinski definition) is 1. The van der Waals surface area contributed by atoms with E-state index in [0.29, 0.717) is 19.8 Å². The zero-order chi connectivity index (χ0) is 15.1. The number of pyridine rings is 1. The first-order chi connectivity index (χ1) is 10.2. The summed E-state index contributed by atoms with van der Waals surface area (Å²) in [5.41, 5.74) is 0.757. The molecular formula is C15H22N2O4. The summed E-state index contributed by atoms with van der Waals surface area (Å²) in [7, 11) is 3.30. The van der Waals surface area contributed by atoms with Crippen LogP contribution in [0, 0.1) is 5.92 Å². The zero-order valence-electron chi connectivity index (χ0n) is 12.5. The molecule has 0 bridgehead atoms. The Morgan fingerprint density at radius 1 is 1.38 bits per heavy atom. The van der Waals surface area contributed by atoms with E-state index in [9.17, 15) is 4.79 Å². The van der Waals surface area contributed by atoms with Gasteiger partial charge in [-0.05, 0) is 12.1 Å². The summed E-state index contributed by atoms with van der Waals surface area (Å²) < 4.78 is 16.3. The summed E-state index contributed by atoms with van der Waals surface area (Å²) in [5.74, 6) is 0.0319. The first kappa shape index (κ1) is 15.9.